The van der Waals surface area contributed by atoms with E-state index in [1.54, 1.807) is 12.1 Å². The molecule has 0 bridgehead atoms. The zero-order valence-electron chi connectivity index (χ0n) is 10.7. The number of pyridine rings is 1. The molecule has 108 valence electrons. The van der Waals surface area contributed by atoms with Crippen LogP contribution in [0.1, 0.15) is 10.4 Å². The molecule has 0 unspecified atom stereocenters. The lowest BCUT2D eigenvalue weighted by Gasteiger charge is -2.07. The van der Waals surface area contributed by atoms with Gasteiger partial charge in [0, 0.05) is 6.20 Å². The first-order chi connectivity index (χ1) is 10.1. The molecule has 0 saturated heterocycles. The van der Waals surface area contributed by atoms with Crippen LogP contribution in [0.3, 0.4) is 0 Å². The second-order valence-corrected chi connectivity index (χ2v) is 4.37. The van der Waals surface area contributed by atoms with E-state index in [1.807, 2.05) is 0 Å². The summed E-state index contributed by atoms with van der Waals surface area (Å²) in [7, 11) is 0. The van der Waals surface area contributed by atoms with E-state index in [0.717, 1.165) is 0 Å². The largest absolute Gasteiger partial charge is 0.508 e. The minimum atomic E-state index is -0.664. The highest BCUT2D eigenvalue weighted by Crippen LogP contribution is 2.17. The summed E-state index contributed by atoms with van der Waals surface area (Å²) in [5, 5.41) is 11.7. The van der Waals surface area contributed by atoms with Crippen molar-refractivity contribution in [1.29, 1.82) is 0 Å². The van der Waals surface area contributed by atoms with Gasteiger partial charge < -0.3 is 15.2 Å². The van der Waals surface area contributed by atoms with E-state index in [-0.39, 0.29) is 16.5 Å². The molecule has 1 aromatic carbocycles. The van der Waals surface area contributed by atoms with Gasteiger partial charge >= 0.3 is 5.97 Å². The number of anilines is 1. The number of rotatable bonds is 4. The second kappa shape index (κ2) is 6.71. The fraction of sp³-hybridized carbons (Fsp3) is 0.0714. The SMILES string of the molecule is O=C(COC(=O)c1ccc(O)cc1)Nc1cccnc1Cl. The molecule has 0 aliphatic carbocycles. The summed E-state index contributed by atoms with van der Waals surface area (Å²) in [5.74, 6) is -1.16. The van der Waals surface area contributed by atoms with E-state index in [2.05, 4.69) is 10.3 Å². The van der Waals surface area contributed by atoms with Crippen LogP contribution >= 0.6 is 11.6 Å². The van der Waals surface area contributed by atoms with Gasteiger partial charge in [-0.25, -0.2) is 9.78 Å². The number of hydrogen-bond donors (Lipinski definition) is 2. The lowest BCUT2D eigenvalue weighted by atomic mass is 10.2. The van der Waals surface area contributed by atoms with Crippen molar-refractivity contribution in [2.24, 2.45) is 0 Å². The number of esters is 1. The summed E-state index contributed by atoms with van der Waals surface area (Å²) >= 11 is 5.78. The predicted octanol–water partition coefficient (Wildman–Crippen LogP) is 2.24. The molecule has 0 fully saturated rings. The molecule has 6 nitrogen and oxygen atoms in total. The highest BCUT2D eigenvalue weighted by Gasteiger charge is 2.11. The zero-order chi connectivity index (χ0) is 15.2. The van der Waals surface area contributed by atoms with E-state index in [4.69, 9.17) is 21.4 Å². The minimum Gasteiger partial charge on any atom is -0.508 e. The van der Waals surface area contributed by atoms with Gasteiger partial charge in [0.05, 0.1) is 11.3 Å². The van der Waals surface area contributed by atoms with Gasteiger partial charge in [0.2, 0.25) is 0 Å². The average molecular weight is 307 g/mol. The van der Waals surface area contributed by atoms with Crippen LogP contribution in [0, 0.1) is 0 Å². The number of nitrogens with one attached hydrogen (secondary N) is 1. The van der Waals surface area contributed by atoms with Crippen molar-refractivity contribution >= 4 is 29.2 Å². The van der Waals surface area contributed by atoms with Crippen LogP contribution < -0.4 is 5.32 Å². The van der Waals surface area contributed by atoms with Gasteiger partial charge in [-0.1, -0.05) is 11.6 Å². The van der Waals surface area contributed by atoms with Crippen molar-refractivity contribution in [1.82, 2.24) is 4.98 Å². The van der Waals surface area contributed by atoms with Gasteiger partial charge in [-0.15, -0.1) is 0 Å². The molecule has 1 heterocycles. The molecular weight excluding hydrogens is 296 g/mol. The Balaban J connectivity index is 1.88. The topological polar surface area (TPSA) is 88.5 Å². The highest BCUT2D eigenvalue weighted by molar-refractivity contribution is 6.32. The van der Waals surface area contributed by atoms with E-state index >= 15 is 0 Å². The Morgan fingerprint density at radius 3 is 2.62 bits per heavy atom. The molecule has 0 atom stereocenters. The van der Waals surface area contributed by atoms with Crippen molar-refractivity contribution in [3.63, 3.8) is 0 Å². The maximum atomic E-state index is 11.7. The summed E-state index contributed by atoms with van der Waals surface area (Å²) < 4.78 is 4.85. The van der Waals surface area contributed by atoms with Crippen LogP contribution in [-0.4, -0.2) is 28.6 Å². The monoisotopic (exact) mass is 306 g/mol. The number of nitrogens with zero attached hydrogens (tertiary/aromatic N) is 1. The lowest BCUT2D eigenvalue weighted by Crippen LogP contribution is -2.21. The summed E-state index contributed by atoms with van der Waals surface area (Å²) in [4.78, 5) is 27.1. The van der Waals surface area contributed by atoms with Gasteiger partial charge in [-0.3, -0.25) is 4.79 Å². The molecule has 1 amide bonds. The third-order valence-corrected chi connectivity index (χ3v) is 2.77. The molecular formula is C14H11ClN2O4. The second-order valence-electron chi connectivity index (χ2n) is 4.01. The zero-order valence-corrected chi connectivity index (χ0v) is 11.5. The third kappa shape index (κ3) is 4.19. The van der Waals surface area contributed by atoms with Gasteiger partial charge in [0.25, 0.3) is 5.91 Å². The molecule has 21 heavy (non-hydrogen) atoms. The number of halogens is 1. The van der Waals surface area contributed by atoms with Crippen molar-refractivity contribution in [2.45, 2.75) is 0 Å². The molecule has 2 rings (SSSR count). The van der Waals surface area contributed by atoms with Crippen molar-refractivity contribution in [3.8, 4) is 5.75 Å². The normalized spacial score (nSPS) is 9.95. The van der Waals surface area contributed by atoms with Crippen LogP contribution in [0.5, 0.6) is 5.75 Å². The first kappa shape index (κ1) is 14.8. The smallest absolute Gasteiger partial charge is 0.338 e. The molecule has 2 N–H and O–H groups in total. The number of benzene rings is 1. The average Bonchev–Trinajstić information content (AvgIpc) is 2.48. The summed E-state index contributed by atoms with van der Waals surface area (Å²) in [5.41, 5.74) is 0.574. The molecule has 2 aromatic rings. The van der Waals surface area contributed by atoms with Gasteiger partial charge in [0.15, 0.2) is 11.8 Å². The quantitative estimate of drug-likeness (QED) is 0.668. The predicted molar refractivity (Wildman–Crippen MR) is 76.3 cm³/mol. The summed E-state index contributed by atoms with van der Waals surface area (Å²) in [6, 6.07) is 8.69. The number of carbonyl (C=O) groups excluding carboxylic acids is 2. The standard InChI is InChI=1S/C14H11ClN2O4/c15-13-11(2-1-7-16-13)17-12(19)8-21-14(20)9-3-5-10(18)6-4-9/h1-7,18H,8H2,(H,17,19). The van der Waals surface area contributed by atoms with E-state index in [9.17, 15) is 9.59 Å². The van der Waals surface area contributed by atoms with Crippen molar-refractivity contribution in [3.05, 3.63) is 53.3 Å². The summed E-state index contributed by atoms with van der Waals surface area (Å²) in [6.07, 6.45) is 1.49. The first-order valence-electron chi connectivity index (χ1n) is 5.93. The van der Waals surface area contributed by atoms with Crippen LogP contribution in [-0.2, 0) is 9.53 Å². The number of hydrogen-bond acceptors (Lipinski definition) is 5. The highest BCUT2D eigenvalue weighted by atomic mass is 35.5. The Bertz CT molecular complexity index is 658. The first-order valence-corrected chi connectivity index (χ1v) is 6.30. The maximum absolute atomic E-state index is 11.7. The van der Waals surface area contributed by atoms with Crippen molar-refractivity contribution in [2.75, 3.05) is 11.9 Å². The minimum absolute atomic E-state index is 0.0375. The number of phenolic OH excluding ortho intramolecular Hbond substituents is 1. The molecule has 0 spiro atoms. The lowest BCUT2D eigenvalue weighted by molar-refractivity contribution is -0.119. The van der Waals surface area contributed by atoms with Gasteiger partial charge in [-0.05, 0) is 36.4 Å². The number of phenols is 1. The molecule has 7 heteroatoms. The third-order valence-electron chi connectivity index (χ3n) is 2.47. The Kier molecular flexibility index (Phi) is 4.73. The Morgan fingerprint density at radius 2 is 1.95 bits per heavy atom. The van der Waals surface area contributed by atoms with Crippen LogP contribution in [0.25, 0.3) is 0 Å². The number of ether oxygens (including phenoxy) is 1. The summed E-state index contributed by atoms with van der Waals surface area (Å²) in [6.45, 7) is -0.453. The Labute approximate surface area is 125 Å². The van der Waals surface area contributed by atoms with Crippen LogP contribution in [0.2, 0.25) is 5.15 Å². The number of amides is 1. The molecule has 0 aliphatic heterocycles. The Morgan fingerprint density at radius 1 is 1.24 bits per heavy atom. The fourth-order valence-corrected chi connectivity index (χ4v) is 1.64. The molecule has 1 aromatic heterocycles. The van der Waals surface area contributed by atoms with Crippen molar-refractivity contribution < 1.29 is 19.4 Å². The molecule has 0 saturated carbocycles. The molecule has 0 aliphatic rings. The Hall–Kier alpha value is -2.60. The number of aromatic nitrogens is 1. The number of carbonyl (C=O) groups is 2. The number of aromatic hydroxyl groups is 1. The van der Waals surface area contributed by atoms with E-state index in [1.165, 1.54) is 30.5 Å². The van der Waals surface area contributed by atoms with Gasteiger partial charge in [-0.2, -0.15) is 0 Å². The van der Waals surface area contributed by atoms with E-state index in [0.29, 0.717) is 5.69 Å². The maximum Gasteiger partial charge on any atom is 0.338 e. The van der Waals surface area contributed by atoms with Gasteiger partial charge in [0.1, 0.15) is 5.75 Å². The van der Waals surface area contributed by atoms with Crippen LogP contribution in [0.15, 0.2) is 42.6 Å². The van der Waals surface area contributed by atoms with Crippen LogP contribution in [0.4, 0.5) is 5.69 Å². The molecule has 0 radical (unpaired) electrons. The fourth-order valence-electron chi connectivity index (χ4n) is 1.48. The van der Waals surface area contributed by atoms with E-state index < -0.39 is 18.5 Å².